The van der Waals surface area contributed by atoms with E-state index in [9.17, 15) is 0 Å². The minimum Gasteiger partial charge on any atom is -0.468 e. The van der Waals surface area contributed by atoms with Crippen molar-refractivity contribution in [3.8, 4) is 0 Å². The van der Waals surface area contributed by atoms with Gasteiger partial charge in [0.15, 0.2) is 0 Å². The van der Waals surface area contributed by atoms with Crippen LogP contribution in [0.1, 0.15) is 31.1 Å². The Bertz CT molecular complexity index is 356. The summed E-state index contributed by atoms with van der Waals surface area (Å²) < 4.78 is 11.5. The molecule has 1 aromatic heterocycles. The van der Waals surface area contributed by atoms with Crippen molar-refractivity contribution in [1.82, 2.24) is 10.2 Å². The summed E-state index contributed by atoms with van der Waals surface area (Å²) in [5.74, 6) is 1.03. The van der Waals surface area contributed by atoms with Crippen LogP contribution in [-0.4, -0.2) is 37.4 Å². The number of nitrogens with one attached hydrogen (secondary N) is 1. The Morgan fingerprint density at radius 2 is 2.24 bits per heavy atom. The minimum absolute atomic E-state index is 0.123. The summed E-state index contributed by atoms with van der Waals surface area (Å²) in [6, 6.07) is 4.31. The SMILES string of the molecule is CN1CCC2(CC1)NC(c1ccco1)CCO2. The molecule has 0 amide bonds. The largest absolute Gasteiger partial charge is 0.468 e. The van der Waals surface area contributed by atoms with Gasteiger partial charge in [-0.3, -0.25) is 5.32 Å². The molecule has 0 radical (unpaired) electrons. The molecule has 1 N–H and O–H groups in total. The first-order valence-electron chi connectivity index (χ1n) is 6.41. The molecule has 1 spiro atoms. The van der Waals surface area contributed by atoms with Gasteiger partial charge in [-0.25, -0.2) is 0 Å². The van der Waals surface area contributed by atoms with Crippen LogP contribution in [0.5, 0.6) is 0 Å². The number of likely N-dealkylation sites (tertiary alicyclic amines) is 1. The van der Waals surface area contributed by atoms with Crippen LogP contribution in [0.25, 0.3) is 0 Å². The zero-order chi connectivity index (χ0) is 11.7. The average Bonchev–Trinajstić information content (AvgIpc) is 2.88. The van der Waals surface area contributed by atoms with Gasteiger partial charge < -0.3 is 14.1 Å². The summed E-state index contributed by atoms with van der Waals surface area (Å²) in [5, 5.41) is 3.65. The zero-order valence-corrected chi connectivity index (χ0v) is 10.3. The van der Waals surface area contributed by atoms with Crippen LogP contribution in [0.2, 0.25) is 0 Å². The summed E-state index contributed by atoms with van der Waals surface area (Å²) in [5.41, 5.74) is -0.123. The van der Waals surface area contributed by atoms with Gasteiger partial charge in [0.2, 0.25) is 0 Å². The number of ether oxygens (including phenoxy) is 1. The Balaban J connectivity index is 1.71. The fraction of sp³-hybridized carbons (Fsp3) is 0.692. The van der Waals surface area contributed by atoms with Crippen LogP contribution in [0.15, 0.2) is 22.8 Å². The van der Waals surface area contributed by atoms with E-state index in [1.54, 1.807) is 6.26 Å². The first-order chi connectivity index (χ1) is 8.27. The maximum atomic E-state index is 6.00. The molecule has 1 aromatic rings. The molecule has 3 rings (SSSR count). The third-order valence-corrected chi connectivity index (χ3v) is 3.90. The van der Waals surface area contributed by atoms with Crippen molar-refractivity contribution in [2.75, 3.05) is 26.7 Å². The highest BCUT2D eigenvalue weighted by Gasteiger charge is 2.40. The van der Waals surface area contributed by atoms with Gasteiger partial charge in [0.25, 0.3) is 0 Å². The molecule has 94 valence electrons. The monoisotopic (exact) mass is 236 g/mol. The van der Waals surface area contributed by atoms with Crippen LogP contribution in [0.3, 0.4) is 0 Å². The third kappa shape index (κ3) is 2.25. The van der Waals surface area contributed by atoms with E-state index in [0.29, 0.717) is 6.04 Å². The molecule has 2 saturated heterocycles. The maximum Gasteiger partial charge on any atom is 0.122 e. The molecule has 17 heavy (non-hydrogen) atoms. The van der Waals surface area contributed by atoms with Gasteiger partial charge in [-0.15, -0.1) is 0 Å². The predicted molar refractivity (Wildman–Crippen MR) is 64.6 cm³/mol. The van der Waals surface area contributed by atoms with Gasteiger partial charge in [-0.1, -0.05) is 0 Å². The lowest BCUT2D eigenvalue weighted by Gasteiger charge is -2.46. The molecule has 0 bridgehead atoms. The first-order valence-corrected chi connectivity index (χ1v) is 6.41. The molecule has 1 unspecified atom stereocenters. The van der Waals surface area contributed by atoms with E-state index in [-0.39, 0.29) is 5.72 Å². The molecular formula is C13H20N2O2. The van der Waals surface area contributed by atoms with Gasteiger partial charge in [-0.2, -0.15) is 0 Å². The van der Waals surface area contributed by atoms with Crippen LogP contribution >= 0.6 is 0 Å². The topological polar surface area (TPSA) is 37.6 Å². The molecule has 0 aliphatic carbocycles. The van der Waals surface area contributed by atoms with Crippen molar-refractivity contribution >= 4 is 0 Å². The molecular weight excluding hydrogens is 216 g/mol. The maximum absolute atomic E-state index is 6.00. The Kier molecular flexibility index (Phi) is 2.94. The number of piperidine rings is 1. The molecule has 0 saturated carbocycles. The number of furan rings is 1. The van der Waals surface area contributed by atoms with E-state index in [1.807, 2.05) is 12.1 Å². The number of hydrogen-bond acceptors (Lipinski definition) is 4. The van der Waals surface area contributed by atoms with Crippen molar-refractivity contribution in [2.24, 2.45) is 0 Å². The van der Waals surface area contributed by atoms with Gasteiger partial charge in [0, 0.05) is 25.9 Å². The van der Waals surface area contributed by atoms with Crippen molar-refractivity contribution in [3.05, 3.63) is 24.2 Å². The standard InChI is InChI=1S/C13H20N2O2/c1-15-7-5-13(6-8-15)14-11(4-10-17-13)12-3-2-9-16-12/h2-3,9,11,14H,4-8,10H2,1H3. The lowest BCUT2D eigenvalue weighted by atomic mass is 9.96. The van der Waals surface area contributed by atoms with Crippen molar-refractivity contribution < 1.29 is 9.15 Å². The van der Waals surface area contributed by atoms with E-state index in [4.69, 9.17) is 9.15 Å². The molecule has 3 heterocycles. The van der Waals surface area contributed by atoms with Crippen LogP contribution in [0, 0.1) is 0 Å². The molecule has 2 aliphatic heterocycles. The smallest absolute Gasteiger partial charge is 0.122 e. The van der Waals surface area contributed by atoms with E-state index in [0.717, 1.165) is 44.7 Å². The molecule has 1 atom stereocenters. The van der Waals surface area contributed by atoms with Crippen LogP contribution in [0.4, 0.5) is 0 Å². The summed E-state index contributed by atoms with van der Waals surface area (Å²) >= 11 is 0. The predicted octanol–water partition coefficient (Wildman–Crippen LogP) is 1.75. The number of hydrogen-bond donors (Lipinski definition) is 1. The Morgan fingerprint density at radius 3 is 2.94 bits per heavy atom. The molecule has 0 aromatic carbocycles. The second kappa shape index (κ2) is 4.44. The summed E-state index contributed by atoms with van der Waals surface area (Å²) in [6.07, 6.45) is 4.85. The lowest BCUT2D eigenvalue weighted by Crippen LogP contribution is -2.58. The number of nitrogens with zero attached hydrogens (tertiary/aromatic N) is 1. The molecule has 4 heteroatoms. The van der Waals surface area contributed by atoms with E-state index < -0.39 is 0 Å². The Hall–Kier alpha value is -0.840. The summed E-state index contributed by atoms with van der Waals surface area (Å²) in [4.78, 5) is 2.35. The highest BCUT2D eigenvalue weighted by Crippen LogP contribution is 2.32. The third-order valence-electron chi connectivity index (χ3n) is 3.90. The molecule has 2 fully saturated rings. The van der Waals surface area contributed by atoms with Gasteiger partial charge in [-0.05, 0) is 25.6 Å². The number of rotatable bonds is 1. The average molecular weight is 236 g/mol. The highest BCUT2D eigenvalue weighted by atomic mass is 16.5. The van der Waals surface area contributed by atoms with Crippen molar-refractivity contribution in [2.45, 2.75) is 31.0 Å². The van der Waals surface area contributed by atoms with Crippen molar-refractivity contribution in [3.63, 3.8) is 0 Å². The summed E-state index contributed by atoms with van der Waals surface area (Å²) in [6.45, 7) is 3.01. The minimum atomic E-state index is -0.123. The summed E-state index contributed by atoms with van der Waals surface area (Å²) in [7, 11) is 2.17. The Labute approximate surface area is 102 Å². The van der Waals surface area contributed by atoms with Crippen LogP contribution in [-0.2, 0) is 4.74 Å². The second-order valence-corrected chi connectivity index (χ2v) is 5.15. The van der Waals surface area contributed by atoms with Gasteiger partial charge in [0.1, 0.15) is 11.5 Å². The fourth-order valence-electron chi connectivity index (χ4n) is 2.77. The zero-order valence-electron chi connectivity index (χ0n) is 10.3. The second-order valence-electron chi connectivity index (χ2n) is 5.15. The molecule has 4 nitrogen and oxygen atoms in total. The van der Waals surface area contributed by atoms with Crippen LogP contribution < -0.4 is 5.32 Å². The van der Waals surface area contributed by atoms with E-state index in [1.165, 1.54) is 0 Å². The van der Waals surface area contributed by atoms with E-state index in [2.05, 4.69) is 17.3 Å². The van der Waals surface area contributed by atoms with Gasteiger partial charge in [0.05, 0.1) is 18.9 Å². The first kappa shape index (κ1) is 11.3. The quantitative estimate of drug-likeness (QED) is 0.806. The Morgan fingerprint density at radius 1 is 1.41 bits per heavy atom. The van der Waals surface area contributed by atoms with Crippen molar-refractivity contribution in [1.29, 1.82) is 0 Å². The molecule has 2 aliphatic rings. The normalized spacial score (nSPS) is 29.6. The highest BCUT2D eigenvalue weighted by molar-refractivity contribution is 5.07. The lowest BCUT2D eigenvalue weighted by molar-refractivity contribution is -0.140. The van der Waals surface area contributed by atoms with Gasteiger partial charge >= 0.3 is 0 Å². The fourth-order valence-corrected chi connectivity index (χ4v) is 2.77. The van der Waals surface area contributed by atoms with E-state index >= 15 is 0 Å².